The van der Waals surface area contributed by atoms with Gasteiger partial charge in [-0.3, -0.25) is 19.8 Å². The summed E-state index contributed by atoms with van der Waals surface area (Å²) in [6.07, 6.45) is -0.331. The van der Waals surface area contributed by atoms with Gasteiger partial charge in [-0.05, 0) is 48.4 Å². The van der Waals surface area contributed by atoms with E-state index in [4.69, 9.17) is 4.74 Å². The second-order valence-corrected chi connectivity index (χ2v) is 12.5. The zero-order valence-corrected chi connectivity index (χ0v) is 27.3. The Kier molecular flexibility index (Phi) is 13.6. The number of carbonyl (C=O) groups is 4. The van der Waals surface area contributed by atoms with Crippen molar-refractivity contribution in [2.24, 2.45) is 5.41 Å². The van der Waals surface area contributed by atoms with E-state index in [-0.39, 0.29) is 25.3 Å². The van der Waals surface area contributed by atoms with E-state index in [0.29, 0.717) is 13.0 Å². The van der Waals surface area contributed by atoms with Crippen molar-refractivity contribution in [2.45, 2.75) is 71.2 Å². The molecular formula is C31H44BrN5O6. The van der Waals surface area contributed by atoms with Gasteiger partial charge < -0.3 is 25.8 Å². The van der Waals surface area contributed by atoms with Crippen LogP contribution >= 0.6 is 15.9 Å². The topological polar surface area (TPSA) is 149 Å². The standard InChI is InChI=1S/C31H44BrN5O6/c1-21(26(38)33-5)34-28(40)31(42,19-22-11-8-7-9-12-22)17-10-18-37(20-23-13-15-24(32)16-14-23)36-27(39)25(30(2,3)4)35-29(41)43-6/h7-9,11-16,21,25,42H,10,17-20H2,1-6H3,(H,33,38)(H,34,40)(H,35,41)(H,36,39)/t21-,25+,31+/m0/s1. The lowest BCUT2D eigenvalue weighted by atomic mass is 9.86. The maximum atomic E-state index is 13.4. The van der Waals surface area contributed by atoms with Crippen LogP contribution in [0.5, 0.6) is 0 Å². The third kappa shape index (κ3) is 11.6. The molecule has 2 aromatic carbocycles. The Morgan fingerprint density at radius 3 is 2.14 bits per heavy atom. The number of hydrogen-bond acceptors (Lipinski definition) is 7. The molecule has 0 radical (unpaired) electrons. The summed E-state index contributed by atoms with van der Waals surface area (Å²) in [6.45, 7) is 7.62. The van der Waals surface area contributed by atoms with E-state index in [1.165, 1.54) is 14.2 Å². The molecule has 0 fully saturated rings. The van der Waals surface area contributed by atoms with Crippen LogP contribution in [-0.4, -0.2) is 72.3 Å². The van der Waals surface area contributed by atoms with Crippen LogP contribution in [0.2, 0.25) is 0 Å². The highest BCUT2D eigenvalue weighted by atomic mass is 79.9. The molecule has 0 aromatic heterocycles. The highest BCUT2D eigenvalue weighted by Gasteiger charge is 2.38. The summed E-state index contributed by atoms with van der Waals surface area (Å²) in [6, 6.07) is 15.0. The summed E-state index contributed by atoms with van der Waals surface area (Å²) < 4.78 is 5.63. The van der Waals surface area contributed by atoms with Gasteiger partial charge in [-0.15, -0.1) is 0 Å². The van der Waals surface area contributed by atoms with E-state index in [1.54, 1.807) is 11.9 Å². The van der Waals surface area contributed by atoms with Gasteiger partial charge in [-0.2, -0.15) is 0 Å². The van der Waals surface area contributed by atoms with Gasteiger partial charge in [0.1, 0.15) is 17.7 Å². The van der Waals surface area contributed by atoms with Gasteiger partial charge in [0, 0.05) is 31.0 Å². The molecule has 4 amide bonds. The number of alkyl carbamates (subject to hydrolysis) is 1. The zero-order valence-electron chi connectivity index (χ0n) is 25.7. The fraction of sp³-hybridized carbons (Fsp3) is 0.484. The van der Waals surface area contributed by atoms with Crippen LogP contribution in [0.4, 0.5) is 4.79 Å². The number of halogens is 1. The second-order valence-electron chi connectivity index (χ2n) is 11.6. The number of amides is 4. The molecule has 0 aliphatic heterocycles. The second kappa shape index (κ2) is 16.4. The molecule has 0 saturated carbocycles. The molecule has 0 aliphatic carbocycles. The normalized spacial score (nSPS) is 14.2. The van der Waals surface area contributed by atoms with E-state index >= 15 is 0 Å². The smallest absolute Gasteiger partial charge is 0.407 e. The molecule has 3 atom stereocenters. The SMILES string of the molecule is CNC(=O)[C@H](C)NC(=O)[C@@](O)(CCCN(Cc1ccc(Br)cc1)NC(=O)[C@@H](NC(=O)OC)C(C)(C)C)Cc1ccccc1. The van der Waals surface area contributed by atoms with Crippen LogP contribution in [0.25, 0.3) is 0 Å². The van der Waals surface area contributed by atoms with Crippen LogP contribution in [-0.2, 0) is 32.1 Å². The summed E-state index contributed by atoms with van der Waals surface area (Å²) in [5, 5.41) is 21.1. The zero-order chi connectivity index (χ0) is 32.2. The average Bonchev–Trinajstić information content (AvgIpc) is 2.96. The van der Waals surface area contributed by atoms with Crippen LogP contribution < -0.4 is 21.4 Å². The molecule has 12 heteroatoms. The number of benzene rings is 2. The van der Waals surface area contributed by atoms with E-state index in [9.17, 15) is 24.3 Å². The summed E-state index contributed by atoms with van der Waals surface area (Å²) in [5.41, 5.74) is 2.13. The lowest BCUT2D eigenvalue weighted by Gasteiger charge is -2.33. The quantitative estimate of drug-likeness (QED) is 0.195. The first kappa shape index (κ1) is 35.7. The predicted molar refractivity (Wildman–Crippen MR) is 167 cm³/mol. The first-order chi connectivity index (χ1) is 20.2. The number of aliphatic hydroxyl groups is 1. The molecule has 11 nitrogen and oxygen atoms in total. The Balaban J connectivity index is 2.27. The first-order valence-corrected chi connectivity index (χ1v) is 14.9. The van der Waals surface area contributed by atoms with Crippen LogP contribution in [0.1, 0.15) is 51.7 Å². The molecular weight excluding hydrogens is 618 g/mol. The van der Waals surface area contributed by atoms with Crippen molar-refractivity contribution in [3.05, 3.63) is 70.2 Å². The van der Waals surface area contributed by atoms with Crippen molar-refractivity contribution >= 4 is 39.7 Å². The minimum atomic E-state index is -1.82. The Labute approximate surface area is 262 Å². The Bertz CT molecular complexity index is 1220. The Morgan fingerprint density at radius 2 is 1.58 bits per heavy atom. The number of hydrazine groups is 1. The molecule has 0 saturated heterocycles. The molecule has 236 valence electrons. The molecule has 2 rings (SSSR count). The van der Waals surface area contributed by atoms with E-state index < -0.39 is 41.0 Å². The number of ether oxygens (including phenoxy) is 1. The van der Waals surface area contributed by atoms with Crippen LogP contribution in [0.3, 0.4) is 0 Å². The fourth-order valence-corrected chi connectivity index (χ4v) is 4.71. The molecule has 5 N–H and O–H groups in total. The van der Waals surface area contributed by atoms with Crippen molar-refractivity contribution < 1.29 is 29.0 Å². The predicted octanol–water partition coefficient (Wildman–Crippen LogP) is 3.06. The Morgan fingerprint density at radius 1 is 0.953 bits per heavy atom. The summed E-state index contributed by atoms with van der Waals surface area (Å²) in [7, 11) is 2.70. The van der Waals surface area contributed by atoms with Gasteiger partial charge in [0.15, 0.2) is 0 Å². The first-order valence-electron chi connectivity index (χ1n) is 14.1. The van der Waals surface area contributed by atoms with Crippen molar-refractivity contribution in [1.82, 2.24) is 26.4 Å². The van der Waals surface area contributed by atoms with Gasteiger partial charge in [0.05, 0.1) is 7.11 Å². The van der Waals surface area contributed by atoms with Gasteiger partial charge in [0.2, 0.25) is 5.91 Å². The van der Waals surface area contributed by atoms with Gasteiger partial charge in [-0.1, -0.05) is 79.2 Å². The third-order valence-electron chi connectivity index (χ3n) is 6.90. The van der Waals surface area contributed by atoms with Crippen LogP contribution in [0.15, 0.2) is 59.1 Å². The number of methoxy groups -OCH3 is 1. The highest BCUT2D eigenvalue weighted by molar-refractivity contribution is 9.10. The molecule has 2 aromatic rings. The maximum absolute atomic E-state index is 13.4. The van der Waals surface area contributed by atoms with Gasteiger partial charge in [-0.25, -0.2) is 9.80 Å². The monoisotopic (exact) mass is 661 g/mol. The van der Waals surface area contributed by atoms with Crippen molar-refractivity contribution in [3.63, 3.8) is 0 Å². The molecule has 0 bridgehead atoms. The fourth-order valence-electron chi connectivity index (χ4n) is 4.45. The summed E-state index contributed by atoms with van der Waals surface area (Å²) >= 11 is 3.43. The van der Waals surface area contributed by atoms with E-state index in [1.807, 2.05) is 75.4 Å². The van der Waals surface area contributed by atoms with Crippen molar-refractivity contribution in [1.29, 1.82) is 0 Å². The van der Waals surface area contributed by atoms with Crippen molar-refractivity contribution in [2.75, 3.05) is 20.7 Å². The largest absolute Gasteiger partial charge is 0.453 e. The summed E-state index contributed by atoms with van der Waals surface area (Å²) in [5.74, 6) is -1.48. The highest BCUT2D eigenvalue weighted by Crippen LogP contribution is 2.23. The lowest BCUT2D eigenvalue weighted by molar-refractivity contribution is -0.143. The molecule has 0 unspecified atom stereocenters. The number of carbonyl (C=O) groups excluding carboxylic acids is 4. The molecule has 0 spiro atoms. The van der Waals surface area contributed by atoms with Crippen molar-refractivity contribution in [3.8, 4) is 0 Å². The molecule has 0 heterocycles. The number of hydrogen-bond donors (Lipinski definition) is 5. The number of likely N-dealkylation sites (N-methyl/N-ethyl adjacent to an activating group) is 1. The number of nitrogens with zero attached hydrogens (tertiary/aromatic N) is 1. The minimum absolute atomic E-state index is 0.0361. The minimum Gasteiger partial charge on any atom is -0.453 e. The Hall–Kier alpha value is -3.48. The third-order valence-corrected chi connectivity index (χ3v) is 7.43. The molecule has 0 aliphatic rings. The van der Waals surface area contributed by atoms with E-state index in [2.05, 4.69) is 37.3 Å². The number of rotatable bonds is 14. The summed E-state index contributed by atoms with van der Waals surface area (Å²) in [4.78, 5) is 50.8. The van der Waals surface area contributed by atoms with Crippen LogP contribution in [0, 0.1) is 5.41 Å². The lowest BCUT2D eigenvalue weighted by Crippen LogP contribution is -2.57. The van der Waals surface area contributed by atoms with E-state index in [0.717, 1.165) is 15.6 Å². The maximum Gasteiger partial charge on any atom is 0.407 e. The van der Waals surface area contributed by atoms with Gasteiger partial charge >= 0.3 is 6.09 Å². The van der Waals surface area contributed by atoms with Gasteiger partial charge in [0.25, 0.3) is 11.8 Å². The average molecular weight is 663 g/mol. The number of nitrogens with one attached hydrogen (secondary N) is 4. The molecule has 43 heavy (non-hydrogen) atoms.